The van der Waals surface area contributed by atoms with Crippen molar-refractivity contribution in [3.05, 3.63) is 35.4 Å². The summed E-state index contributed by atoms with van der Waals surface area (Å²) < 4.78 is 24.3. The van der Waals surface area contributed by atoms with E-state index in [1.165, 1.54) is 5.56 Å². The number of carbonyl (C=O) groups is 1. The lowest BCUT2D eigenvalue weighted by atomic mass is 9.87. The molecule has 0 bridgehead atoms. The maximum Gasteiger partial charge on any atom is 0.307 e. The van der Waals surface area contributed by atoms with Crippen LogP contribution in [0.4, 0.5) is 0 Å². The highest BCUT2D eigenvalue weighted by Gasteiger charge is 2.33. The minimum atomic E-state index is -1.04. The molecule has 2 aliphatic rings. The molecule has 0 radical (unpaired) electrons. The second-order valence-electron chi connectivity index (χ2n) is 9.53. The van der Waals surface area contributed by atoms with Gasteiger partial charge in [0.2, 0.25) is 0 Å². The molecule has 30 heavy (non-hydrogen) atoms. The van der Waals surface area contributed by atoms with Crippen LogP contribution in [-0.4, -0.2) is 59.3 Å². The van der Waals surface area contributed by atoms with E-state index in [0.29, 0.717) is 18.7 Å². The maximum absolute atomic E-state index is 13.1. The molecule has 168 valence electrons. The number of carbonyl (C=O) groups excluding carboxylic acids is 1. The summed E-state index contributed by atoms with van der Waals surface area (Å²) in [7, 11) is -1.04. The molecular weight excluding hydrogens is 398 g/mol. The normalized spacial score (nSPS) is 24.4. The topological polar surface area (TPSA) is 55.8 Å². The molecule has 5 nitrogen and oxygen atoms in total. The summed E-state index contributed by atoms with van der Waals surface area (Å²) in [5.74, 6) is 0.363. The Hall–Kier alpha value is -1.24. The van der Waals surface area contributed by atoms with E-state index in [2.05, 4.69) is 49.9 Å². The van der Waals surface area contributed by atoms with Crippen molar-refractivity contribution < 1.29 is 18.5 Å². The summed E-state index contributed by atoms with van der Waals surface area (Å²) in [5, 5.41) is -0.0617. The molecule has 1 aromatic carbocycles. The molecule has 0 spiro atoms. The van der Waals surface area contributed by atoms with Gasteiger partial charge in [-0.25, -0.2) is 0 Å². The molecule has 0 amide bonds. The third-order valence-corrected chi connectivity index (χ3v) is 7.96. The quantitative estimate of drug-likeness (QED) is 0.610. The third-order valence-electron chi connectivity index (χ3n) is 6.13. The van der Waals surface area contributed by atoms with Gasteiger partial charge in [0.25, 0.3) is 0 Å². The highest BCUT2D eigenvalue weighted by Crippen LogP contribution is 2.28. The van der Waals surface area contributed by atoms with Crippen LogP contribution >= 0.6 is 0 Å². The molecule has 3 atom stereocenters. The van der Waals surface area contributed by atoms with Gasteiger partial charge in [0.15, 0.2) is 0 Å². The molecule has 2 fully saturated rings. The minimum absolute atomic E-state index is 0.0617. The highest BCUT2D eigenvalue weighted by molar-refractivity contribution is 7.84. The zero-order valence-corrected chi connectivity index (χ0v) is 19.5. The summed E-state index contributed by atoms with van der Waals surface area (Å²) in [5.41, 5.74) is 2.48. The van der Waals surface area contributed by atoms with Crippen LogP contribution in [0.15, 0.2) is 24.3 Å². The Bertz CT molecular complexity index is 707. The number of esters is 1. The van der Waals surface area contributed by atoms with Crippen molar-refractivity contribution in [1.29, 1.82) is 0 Å². The van der Waals surface area contributed by atoms with Crippen LogP contribution < -0.4 is 0 Å². The van der Waals surface area contributed by atoms with Gasteiger partial charge >= 0.3 is 5.97 Å². The Morgan fingerprint density at radius 3 is 2.47 bits per heavy atom. The first kappa shape index (κ1) is 23.4. The Balaban J connectivity index is 1.52. The average molecular weight is 436 g/mol. The summed E-state index contributed by atoms with van der Waals surface area (Å²) in [6, 6.07) is 8.45. The monoisotopic (exact) mass is 435 g/mol. The minimum Gasteiger partial charge on any atom is -0.461 e. The highest BCUT2D eigenvalue weighted by atomic mass is 32.2. The lowest BCUT2D eigenvalue weighted by Gasteiger charge is -2.31. The Morgan fingerprint density at radius 1 is 1.13 bits per heavy atom. The van der Waals surface area contributed by atoms with Crippen LogP contribution in [0.25, 0.3) is 0 Å². The number of morpholine rings is 1. The van der Waals surface area contributed by atoms with Crippen molar-refractivity contribution in [2.45, 2.75) is 75.4 Å². The van der Waals surface area contributed by atoms with Gasteiger partial charge in [-0.3, -0.25) is 13.9 Å². The number of hydrogen-bond acceptors (Lipinski definition) is 5. The second-order valence-corrected chi connectivity index (χ2v) is 11.2. The summed E-state index contributed by atoms with van der Waals surface area (Å²) in [6.45, 7) is 10.5. The average Bonchev–Trinajstić information content (AvgIpc) is 2.73. The molecule has 6 heteroatoms. The summed E-state index contributed by atoms with van der Waals surface area (Å²) >= 11 is 0. The zero-order chi connectivity index (χ0) is 21.6. The van der Waals surface area contributed by atoms with E-state index in [9.17, 15) is 9.00 Å². The molecule has 1 aromatic rings. The van der Waals surface area contributed by atoms with Gasteiger partial charge in [-0.15, -0.1) is 0 Å². The molecule has 1 heterocycles. The second kappa shape index (κ2) is 10.9. The van der Waals surface area contributed by atoms with Gasteiger partial charge in [0.1, 0.15) is 6.10 Å². The van der Waals surface area contributed by atoms with Crippen LogP contribution in [0.1, 0.15) is 64.0 Å². The van der Waals surface area contributed by atoms with E-state index in [4.69, 9.17) is 9.47 Å². The number of hydrogen-bond donors (Lipinski definition) is 0. The molecule has 1 saturated carbocycles. The first-order valence-electron chi connectivity index (χ1n) is 11.3. The molecular formula is C24H37NO4S. The predicted octanol–water partition coefficient (Wildman–Crippen LogP) is 3.81. The van der Waals surface area contributed by atoms with Crippen LogP contribution in [0.2, 0.25) is 0 Å². The fourth-order valence-electron chi connectivity index (χ4n) is 4.17. The van der Waals surface area contributed by atoms with Gasteiger partial charge in [-0.1, -0.05) is 51.5 Å². The lowest BCUT2D eigenvalue weighted by molar-refractivity contribution is -0.150. The number of ether oxygens (including phenoxy) is 2. The van der Waals surface area contributed by atoms with Crippen molar-refractivity contribution in [1.82, 2.24) is 4.90 Å². The van der Waals surface area contributed by atoms with Gasteiger partial charge in [-0.2, -0.15) is 0 Å². The first-order valence-corrected chi connectivity index (χ1v) is 12.7. The maximum atomic E-state index is 13.1. The Labute approximate surface area is 184 Å². The molecule has 0 unspecified atom stereocenters. The van der Waals surface area contributed by atoms with Crippen LogP contribution in [0.5, 0.6) is 0 Å². The van der Waals surface area contributed by atoms with Crippen molar-refractivity contribution >= 4 is 16.8 Å². The lowest BCUT2D eigenvalue weighted by Crippen LogP contribution is -2.40. The molecule has 1 aliphatic heterocycles. The predicted molar refractivity (Wildman–Crippen MR) is 121 cm³/mol. The third kappa shape index (κ3) is 6.89. The zero-order valence-electron chi connectivity index (χ0n) is 18.7. The van der Waals surface area contributed by atoms with Crippen molar-refractivity contribution in [2.24, 2.45) is 0 Å². The van der Waals surface area contributed by atoms with Crippen molar-refractivity contribution in [3.8, 4) is 0 Å². The number of nitrogens with zero attached hydrogens (tertiary/aromatic N) is 1. The van der Waals surface area contributed by atoms with Crippen molar-refractivity contribution in [2.75, 3.05) is 32.8 Å². The SMILES string of the molecule is CC(C)(C)c1ccc(C[S@](=O)[C@@H]2CCCC[C@@H]2OC(=O)CCN2CCOCC2)cc1. The molecule has 1 saturated heterocycles. The van der Waals surface area contributed by atoms with Crippen molar-refractivity contribution in [3.63, 3.8) is 0 Å². The van der Waals surface area contributed by atoms with Gasteiger partial charge in [0, 0.05) is 36.2 Å². The molecule has 1 aliphatic carbocycles. The standard InChI is InChI=1S/C24H37NO4S/c1-24(2,3)20-10-8-19(9-11-20)18-30(27)22-7-5-4-6-21(22)29-23(26)12-13-25-14-16-28-17-15-25/h8-11,21-22H,4-7,12-18H2,1-3H3/t21-,22+,30-/m0/s1. The van der Waals surface area contributed by atoms with Crippen LogP contribution in [-0.2, 0) is 36.2 Å². The van der Waals surface area contributed by atoms with Gasteiger partial charge in [-0.05, 0) is 35.8 Å². The van der Waals surface area contributed by atoms with E-state index in [0.717, 1.165) is 57.6 Å². The molecule has 0 N–H and O–H groups in total. The largest absolute Gasteiger partial charge is 0.461 e. The van der Waals surface area contributed by atoms with E-state index >= 15 is 0 Å². The first-order chi connectivity index (χ1) is 14.3. The molecule has 0 aromatic heterocycles. The van der Waals surface area contributed by atoms with E-state index in [1.807, 2.05) is 0 Å². The van der Waals surface area contributed by atoms with Crippen LogP contribution in [0.3, 0.4) is 0 Å². The smallest absolute Gasteiger partial charge is 0.307 e. The Kier molecular flexibility index (Phi) is 8.49. The van der Waals surface area contributed by atoms with Crippen LogP contribution in [0, 0.1) is 0 Å². The molecule has 3 rings (SSSR count). The number of rotatable bonds is 7. The van der Waals surface area contributed by atoms with E-state index in [1.54, 1.807) is 0 Å². The fourth-order valence-corrected chi connectivity index (χ4v) is 5.87. The summed E-state index contributed by atoms with van der Waals surface area (Å²) in [4.78, 5) is 14.7. The van der Waals surface area contributed by atoms with Gasteiger partial charge < -0.3 is 9.47 Å². The Morgan fingerprint density at radius 2 is 1.80 bits per heavy atom. The van der Waals surface area contributed by atoms with E-state index < -0.39 is 10.8 Å². The van der Waals surface area contributed by atoms with Gasteiger partial charge in [0.05, 0.1) is 24.9 Å². The van der Waals surface area contributed by atoms with E-state index in [-0.39, 0.29) is 22.7 Å². The summed E-state index contributed by atoms with van der Waals surface area (Å²) in [6.07, 6.45) is 3.96. The fraction of sp³-hybridized carbons (Fsp3) is 0.708. The number of benzene rings is 1.